The van der Waals surface area contributed by atoms with Crippen LogP contribution in [0.15, 0.2) is 12.3 Å². The summed E-state index contributed by atoms with van der Waals surface area (Å²) in [5, 5.41) is 16.3. The van der Waals surface area contributed by atoms with E-state index in [2.05, 4.69) is 15.6 Å². The largest absolute Gasteiger partial charge is 0.444 e. The summed E-state index contributed by atoms with van der Waals surface area (Å²) >= 11 is 5.69. The molecule has 2 N–H and O–H groups in total. The molecule has 0 saturated carbocycles. The molecule has 0 saturated heterocycles. The number of nitrogens with zero attached hydrogens (tertiary/aromatic N) is 2. The minimum atomic E-state index is -0.574. The molecule has 21 heavy (non-hydrogen) atoms. The van der Waals surface area contributed by atoms with Crippen molar-refractivity contribution in [1.29, 1.82) is 0 Å². The van der Waals surface area contributed by atoms with Gasteiger partial charge in [0, 0.05) is 19.2 Å². The quantitative estimate of drug-likeness (QED) is 0.374. The molecule has 0 aliphatic rings. The fourth-order valence-electron chi connectivity index (χ4n) is 1.39. The van der Waals surface area contributed by atoms with Crippen LogP contribution in [0.1, 0.15) is 20.8 Å². The van der Waals surface area contributed by atoms with Crippen molar-refractivity contribution in [2.24, 2.45) is 0 Å². The van der Waals surface area contributed by atoms with Gasteiger partial charge in [0.05, 0.1) is 4.92 Å². The van der Waals surface area contributed by atoms with E-state index < -0.39 is 16.6 Å². The molecule has 0 unspecified atom stereocenters. The Hall–Kier alpha value is -2.09. The molecule has 1 aromatic rings. The maximum Gasteiger partial charge on any atom is 0.407 e. The predicted molar refractivity (Wildman–Crippen MR) is 78.6 cm³/mol. The average molecular weight is 317 g/mol. The third kappa shape index (κ3) is 6.26. The van der Waals surface area contributed by atoms with Crippen LogP contribution in [0.25, 0.3) is 0 Å². The summed E-state index contributed by atoms with van der Waals surface area (Å²) in [6.07, 6.45) is 0.526. The number of nitro groups is 1. The molecule has 1 heterocycles. The van der Waals surface area contributed by atoms with Crippen LogP contribution in [0.2, 0.25) is 5.15 Å². The van der Waals surface area contributed by atoms with Gasteiger partial charge < -0.3 is 15.4 Å². The number of rotatable bonds is 5. The second kappa shape index (κ2) is 7.07. The van der Waals surface area contributed by atoms with E-state index in [0.717, 1.165) is 6.20 Å². The van der Waals surface area contributed by atoms with Gasteiger partial charge in [-0.3, -0.25) is 10.1 Å². The van der Waals surface area contributed by atoms with E-state index in [1.165, 1.54) is 6.07 Å². The molecule has 1 amide bonds. The molecule has 0 bridgehead atoms. The Morgan fingerprint density at radius 2 is 2.14 bits per heavy atom. The van der Waals surface area contributed by atoms with Crippen LogP contribution in [0.4, 0.5) is 16.2 Å². The summed E-state index contributed by atoms with van der Waals surface area (Å²) in [6, 6.07) is 1.35. The first-order valence-corrected chi connectivity index (χ1v) is 6.57. The van der Waals surface area contributed by atoms with Crippen molar-refractivity contribution >= 4 is 29.1 Å². The van der Waals surface area contributed by atoms with Gasteiger partial charge >= 0.3 is 11.8 Å². The third-order valence-electron chi connectivity index (χ3n) is 2.15. The van der Waals surface area contributed by atoms with Crippen molar-refractivity contribution in [2.45, 2.75) is 26.4 Å². The van der Waals surface area contributed by atoms with E-state index in [0.29, 0.717) is 0 Å². The van der Waals surface area contributed by atoms with Crippen molar-refractivity contribution in [3.05, 3.63) is 27.5 Å². The van der Waals surface area contributed by atoms with Crippen LogP contribution in [0.5, 0.6) is 0 Å². The lowest BCUT2D eigenvalue weighted by Crippen LogP contribution is -2.35. The zero-order chi connectivity index (χ0) is 16.0. The second-order valence-corrected chi connectivity index (χ2v) is 5.52. The van der Waals surface area contributed by atoms with Gasteiger partial charge in [-0.15, -0.1) is 0 Å². The Bertz CT molecular complexity index is 530. The molecule has 9 heteroatoms. The molecule has 1 rings (SSSR count). The average Bonchev–Trinajstić information content (AvgIpc) is 2.32. The summed E-state index contributed by atoms with van der Waals surface area (Å²) in [7, 11) is 0. The highest BCUT2D eigenvalue weighted by Crippen LogP contribution is 2.25. The number of aromatic nitrogens is 1. The number of pyridine rings is 1. The van der Waals surface area contributed by atoms with Crippen molar-refractivity contribution in [3.63, 3.8) is 0 Å². The molecule has 8 nitrogen and oxygen atoms in total. The van der Waals surface area contributed by atoms with E-state index in [-0.39, 0.29) is 29.6 Å². The minimum Gasteiger partial charge on any atom is -0.444 e. The van der Waals surface area contributed by atoms with Gasteiger partial charge in [-0.05, 0) is 20.8 Å². The molecular weight excluding hydrogens is 300 g/mol. The van der Waals surface area contributed by atoms with Crippen LogP contribution in [-0.2, 0) is 4.74 Å². The van der Waals surface area contributed by atoms with Crippen LogP contribution in [-0.4, -0.2) is 34.7 Å². The van der Waals surface area contributed by atoms with Gasteiger partial charge in [0.15, 0.2) is 0 Å². The number of nitrogens with one attached hydrogen (secondary N) is 2. The number of carbonyl (C=O) groups excluding carboxylic acids is 1. The van der Waals surface area contributed by atoms with Gasteiger partial charge in [0.25, 0.3) is 0 Å². The Morgan fingerprint density at radius 1 is 1.48 bits per heavy atom. The molecule has 0 aliphatic heterocycles. The van der Waals surface area contributed by atoms with Crippen molar-refractivity contribution in [3.8, 4) is 0 Å². The smallest absolute Gasteiger partial charge is 0.407 e. The summed E-state index contributed by atoms with van der Waals surface area (Å²) in [5.41, 5.74) is -0.516. The lowest BCUT2D eigenvalue weighted by Gasteiger charge is -2.19. The summed E-state index contributed by atoms with van der Waals surface area (Å²) in [5.74, 6) is 0. The first-order valence-electron chi connectivity index (χ1n) is 6.20. The highest BCUT2D eigenvalue weighted by atomic mass is 35.5. The Labute approximate surface area is 127 Å². The molecule has 116 valence electrons. The second-order valence-electron chi connectivity index (χ2n) is 5.14. The number of ether oxygens (including phenoxy) is 1. The van der Waals surface area contributed by atoms with Crippen LogP contribution in [0.3, 0.4) is 0 Å². The molecule has 0 radical (unpaired) electrons. The fourth-order valence-corrected chi connectivity index (χ4v) is 1.54. The zero-order valence-corrected chi connectivity index (χ0v) is 12.7. The van der Waals surface area contributed by atoms with E-state index in [1.807, 2.05) is 0 Å². The Morgan fingerprint density at radius 3 is 2.71 bits per heavy atom. The molecule has 0 spiro atoms. The van der Waals surface area contributed by atoms with E-state index >= 15 is 0 Å². The standard InChI is InChI=1S/C12H17ClN4O4/c1-12(2,3)21-11(18)15-5-4-14-8-6-10(13)16-7-9(8)17(19)20/h6-7H,4-5H2,1-3H3,(H,14,16)(H,15,18). The van der Waals surface area contributed by atoms with E-state index in [1.54, 1.807) is 20.8 Å². The van der Waals surface area contributed by atoms with E-state index in [9.17, 15) is 14.9 Å². The Kier molecular flexibility index (Phi) is 5.71. The topological polar surface area (TPSA) is 106 Å². The van der Waals surface area contributed by atoms with Gasteiger partial charge in [0.2, 0.25) is 0 Å². The van der Waals surface area contributed by atoms with Crippen molar-refractivity contribution in [2.75, 3.05) is 18.4 Å². The fraction of sp³-hybridized carbons (Fsp3) is 0.500. The number of carbonyl (C=O) groups is 1. The first kappa shape index (κ1) is 17.0. The normalized spacial score (nSPS) is 10.9. The predicted octanol–water partition coefficient (Wildman–Crippen LogP) is 2.58. The van der Waals surface area contributed by atoms with Crippen LogP contribution >= 0.6 is 11.6 Å². The number of hydrogen-bond donors (Lipinski definition) is 2. The molecular formula is C12H17ClN4O4. The summed E-state index contributed by atoms with van der Waals surface area (Å²) < 4.78 is 5.05. The number of amides is 1. The minimum absolute atomic E-state index is 0.142. The maximum atomic E-state index is 11.4. The summed E-state index contributed by atoms with van der Waals surface area (Å²) in [6.45, 7) is 5.79. The molecule has 1 aromatic heterocycles. The van der Waals surface area contributed by atoms with Gasteiger partial charge in [-0.2, -0.15) is 0 Å². The third-order valence-corrected chi connectivity index (χ3v) is 2.36. The monoisotopic (exact) mass is 316 g/mol. The molecule has 0 aliphatic carbocycles. The number of alkyl carbamates (subject to hydrolysis) is 1. The lowest BCUT2D eigenvalue weighted by atomic mass is 10.2. The highest BCUT2D eigenvalue weighted by molar-refractivity contribution is 6.29. The van der Waals surface area contributed by atoms with E-state index in [4.69, 9.17) is 16.3 Å². The van der Waals surface area contributed by atoms with Crippen molar-refractivity contribution in [1.82, 2.24) is 10.3 Å². The van der Waals surface area contributed by atoms with Gasteiger partial charge in [-0.1, -0.05) is 11.6 Å². The maximum absolute atomic E-state index is 11.4. The van der Waals surface area contributed by atoms with Gasteiger partial charge in [0.1, 0.15) is 22.6 Å². The molecule has 0 fully saturated rings. The van der Waals surface area contributed by atoms with Crippen LogP contribution < -0.4 is 10.6 Å². The number of halogens is 1. The lowest BCUT2D eigenvalue weighted by molar-refractivity contribution is -0.384. The van der Waals surface area contributed by atoms with Crippen LogP contribution in [0, 0.1) is 10.1 Å². The van der Waals surface area contributed by atoms with Gasteiger partial charge in [-0.25, -0.2) is 9.78 Å². The first-order chi connectivity index (χ1) is 9.69. The Balaban J connectivity index is 2.48. The zero-order valence-electron chi connectivity index (χ0n) is 12.0. The molecule has 0 aromatic carbocycles. The number of anilines is 1. The number of hydrogen-bond acceptors (Lipinski definition) is 6. The highest BCUT2D eigenvalue weighted by Gasteiger charge is 2.16. The molecule has 0 atom stereocenters. The van der Waals surface area contributed by atoms with Crippen molar-refractivity contribution < 1.29 is 14.5 Å². The SMILES string of the molecule is CC(C)(C)OC(=O)NCCNc1cc(Cl)ncc1[N+](=O)[O-]. The summed E-state index contributed by atoms with van der Waals surface area (Å²) in [4.78, 5) is 25.3.